The molecule has 4 heteroatoms. The third kappa shape index (κ3) is 2.47. The molecule has 2 bridgehead atoms. The molecule has 3 N–H and O–H groups in total. The summed E-state index contributed by atoms with van der Waals surface area (Å²) in [6, 6.07) is 0.245. The van der Waals surface area contributed by atoms with Gasteiger partial charge in [-0.3, -0.25) is 4.79 Å². The topological polar surface area (TPSA) is 55.1 Å². The molecule has 1 amide bonds. The highest BCUT2D eigenvalue weighted by Crippen LogP contribution is 2.62. The number of nitrogens with one attached hydrogen (secondary N) is 1. The first kappa shape index (κ1) is 15.7. The maximum atomic E-state index is 12.6. The zero-order valence-corrected chi connectivity index (χ0v) is 14.0. The van der Waals surface area contributed by atoms with Crippen LogP contribution in [-0.4, -0.2) is 16.9 Å². The van der Waals surface area contributed by atoms with Crippen LogP contribution >= 0.6 is 12.2 Å². The van der Waals surface area contributed by atoms with Crippen molar-refractivity contribution < 1.29 is 4.79 Å². The highest BCUT2D eigenvalue weighted by molar-refractivity contribution is 7.80. The van der Waals surface area contributed by atoms with E-state index in [2.05, 4.69) is 33.0 Å². The van der Waals surface area contributed by atoms with Gasteiger partial charge in [-0.2, -0.15) is 0 Å². The molecular weight excluding hydrogens is 268 g/mol. The van der Waals surface area contributed by atoms with Crippen LogP contribution in [0.5, 0.6) is 0 Å². The summed E-state index contributed by atoms with van der Waals surface area (Å²) in [5.74, 6) is 0.451. The van der Waals surface area contributed by atoms with Gasteiger partial charge in [-0.25, -0.2) is 0 Å². The second-order valence-electron chi connectivity index (χ2n) is 7.60. The minimum Gasteiger partial charge on any atom is -0.393 e. The van der Waals surface area contributed by atoms with Crippen molar-refractivity contribution in [2.75, 3.05) is 0 Å². The molecule has 0 radical (unpaired) electrons. The van der Waals surface area contributed by atoms with Gasteiger partial charge in [0.1, 0.15) is 0 Å². The maximum absolute atomic E-state index is 12.6. The number of hydrogen-bond donors (Lipinski definition) is 2. The number of carbonyl (C=O) groups excluding carboxylic acids is 1. The van der Waals surface area contributed by atoms with Crippen LogP contribution in [0.25, 0.3) is 0 Å². The van der Waals surface area contributed by atoms with Crippen molar-refractivity contribution >= 4 is 23.1 Å². The van der Waals surface area contributed by atoms with Crippen LogP contribution in [-0.2, 0) is 4.79 Å². The first-order valence-electron chi connectivity index (χ1n) is 7.82. The standard InChI is InChI=1S/C16H28N2OS/c1-5-6-11(12(17)20)13(19)18-14-15(2,3)10-7-8-16(14,4)9-10/h10-11,14H,5-9H2,1-4H3,(H2,17,20)(H,18,19). The quantitative estimate of drug-likeness (QED) is 0.767. The Kier molecular flexibility index (Phi) is 4.16. The van der Waals surface area contributed by atoms with Gasteiger partial charge < -0.3 is 11.1 Å². The van der Waals surface area contributed by atoms with Gasteiger partial charge >= 0.3 is 0 Å². The Morgan fingerprint density at radius 1 is 1.45 bits per heavy atom. The fourth-order valence-electron chi connectivity index (χ4n) is 4.60. The van der Waals surface area contributed by atoms with E-state index >= 15 is 0 Å². The van der Waals surface area contributed by atoms with Crippen LogP contribution in [0.3, 0.4) is 0 Å². The first-order chi connectivity index (χ1) is 9.22. The average Bonchev–Trinajstić information content (AvgIpc) is 2.82. The predicted octanol–water partition coefficient (Wildman–Crippen LogP) is 3.02. The summed E-state index contributed by atoms with van der Waals surface area (Å²) in [7, 11) is 0. The second kappa shape index (κ2) is 5.28. The van der Waals surface area contributed by atoms with Gasteiger partial charge in [0.05, 0.1) is 10.9 Å². The lowest BCUT2D eigenvalue weighted by Crippen LogP contribution is -2.54. The molecule has 0 aliphatic heterocycles. The van der Waals surface area contributed by atoms with E-state index in [9.17, 15) is 4.79 Å². The van der Waals surface area contributed by atoms with Crippen molar-refractivity contribution in [1.82, 2.24) is 5.32 Å². The molecule has 0 aromatic carbocycles. The van der Waals surface area contributed by atoms with E-state index in [1.807, 2.05) is 0 Å². The molecule has 0 heterocycles. The van der Waals surface area contributed by atoms with Crippen molar-refractivity contribution in [3.8, 4) is 0 Å². The number of amides is 1. The average molecular weight is 296 g/mol. The Bertz CT molecular complexity index is 416. The molecule has 0 aromatic heterocycles. The molecule has 2 fully saturated rings. The minimum absolute atomic E-state index is 0.0335. The van der Waals surface area contributed by atoms with Gasteiger partial charge in [-0.05, 0) is 42.4 Å². The zero-order chi connectivity index (χ0) is 15.1. The maximum Gasteiger partial charge on any atom is 0.230 e. The van der Waals surface area contributed by atoms with Crippen molar-refractivity contribution in [1.29, 1.82) is 0 Å². The van der Waals surface area contributed by atoms with Crippen LogP contribution in [0.2, 0.25) is 0 Å². The van der Waals surface area contributed by atoms with Crippen LogP contribution < -0.4 is 11.1 Å². The zero-order valence-electron chi connectivity index (χ0n) is 13.2. The Balaban J connectivity index is 2.13. The van der Waals surface area contributed by atoms with Gasteiger partial charge in [0.25, 0.3) is 0 Å². The summed E-state index contributed by atoms with van der Waals surface area (Å²) in [5, 5.41) is 3.30. The Labute approximate surface area is 128 Å². The molecule has 4 atom stereocenters. The third-order valence-corrected chi connectivity index (χ3v) is 6.08. The second-order valence-corrected chi connectivity index (χ2v) is 8.07. The summed E-state index contributed by atoms with van der Waals surface area (Å²) in [5.41, 5.74) is 6.17. The molecule has 2 rings (SSSR count). The number of nitrogens with two attached hydrogens (primary N) is 1. The highest BCUT2D eigenvalue weighted by Gasteiger charge is 2.59. The van der Waals surface area contributed by atoms with Crippen molar-refractivity contribution in [3.05, 3.63) is 0 Å². The molecule has 20 heavy (non-hydrogen) atoms. The summed E-state index contributed by atoms with van der Waals surface area (Å²) in [6.45, 7) is 8.97. The summed E-state index contributed by atoms with van der Waals surface area (Å²) in [6.07, 6.45) is 5.41. The van der Waals surface area contributed by atoms with Gasteiger partial charge in [-0.15, -0.1) is 0 Å². The van der Waals surface area contributed by atoms with E-state index in [4.69, 9.17) is 18.0 Å². The summed E-state index contributed by atoms with van der Waals surface area (Å²) >= 11 is 5.07. The summed E-state index contributed by atoms with van der Waals surface area (Å²) in [4.78, 5) is 12.9. The van der Waals surface area contributed by atoms with Crippen molar-refractivity contribution in [3.63, 3.8) is 0 Å². The lowest BCUT2D eigenvalue weighted by atomic mass is 9.68. The molecule has 0 aromatic rings. The molecule has 114 valence electrons. The number of hydrogen-bond acceptors (Lipinski definition) is 2. The fraction of sp³-hybridized carbons (Fsp3) is 0.875. The van der Waals surface area contributed by atoms with Crippen molar-refractivity contribution in [2.45, 2.75) is 65.8 Å². The molecular formula is C16H28N2OS. The third-order valence-electron chi connectivity index (χ3n) is 5.79. The Hall–Kier alpha value is -0.640. The van der Waals surface area contributed by atoms with Crippen LogP contribution in [0.4, 0.5) is 0 Å². The summed E-state index contributed by atoms with van der Waals surface area (Å²) < 4.78 is 0. The van der Waals surface area contributed by atoms with Crippen LogP contribution in [0.15, 0.2) is 0 Å². The highest BCUT2D eigenvalue weighted by atomic mass is 32.1. The van der Waals surface area contributed by atoms with Gasteiger partial charge in [0.15, 0.2) is 0 Å². The minimum atomic E-state index is -0.312. The lowest BCUT2D eigenvalue weighted by Gasteiger charge is -2.43. The molecule has 0 spiro atoms. The van der Waals surface area contributed by atoms with Crippen LogP contribution in [0, 0.1) is 22.7 Å². The lowest BCUT2D eigenvalue weighted by molar-refractivity contribution is -0.126. The molecule has 2 aliphatic rings. The number of rotatable bonds is 5. The predicted molar refractivity (Wildman–Crippen MR) is 86.3 cm³/mol. The largest absolute Gasteiger partial charge is 0.393 e. The van der Waals surface area contributed by atoms with Crippen LogP contribution in [0.1, 0.15) is 59.8 Å². The number of thiocarbonyl (C=S) groups is 1. The van der Waals surface area contributed by atoms with E-state index in [0.29, 0.717) is 4.99 Å². The van der Waals surface area contributed by atoms with E-state index in [1.54, 1.807) is 0 Å². The monoisotopic (exact) mass is 296 g/mol. The normalized spacial score (nSPS) is 35.8. The number of carbonyl (C=O) groups is 1. The van der Waals surface area contributed by atoms with Gasteiger partial charge in [0.2, 0.25) is 5.91 Å². The molecule has 4 unspecified atom stereocenters. The Morgan fingerprint density at radius 3 is 2.55 bits per heavy atom. The van der Waals surface area contributed by atoms with Gasteiger partial charge in [0, 0.05) is 6.04 Å². The smallest absolute Gasteiger partial charge is 0.230 e. The molecule has 2 aliphatic carbocycles. The van der Waals surface area contributed by atoms with E-state index in [0.717, 1.165) is 18.8 Å². The van der Waals surface area contributed by atoms with Crippen molar-refractivity contribution in [2.24, 2.45) is 28.4 Å². The SMILES string of the molecule is CCCC(C(=O)NC1C2(C)CCC(C2)C1(C)C)C(N)=S. The fourth-order valence-corrected chi connectivity index (χ4v) is 4.82. The van der Waals surface area contributed by atoms with Gasteiger partial charge in [-0.1, -0.05) is 46.3 Å². The van der Waals surface area contributed by atoms with E-state index in [1.165, 1.54) is 19.3 Å². The van der Waals surface area contributed by atoms with E-state index < -0.39 is 0 Å². The van der Waals surface area contributed by atoms with E-state index in [-0.39, 0.29) is 28.7 Å². The molecule has 0 saturated heterocycles. The Morgan fingerprint density at radius 2 is 2.10 bits per heavy atom. The number of fused-ring (bicyclic) bond motifs is 2. The molecule has 2 saturated carbocycles. The first-order valence-corrected chi connectivity index (χ1v) is 8.23. The molecule has 3 nitrogen and oxygen atoms in total.